The number of carboxylic acids is 1. The number of amides is 5. The monoisotopic (exact) mass is 948 g/mol. The number of aliphatic imine (C=N–C) groups is 1. The Morgan fingerprint density at radius 3 is 1.69 bits per heavy atom. The first-order valence-corrected chi connectivity index (χ1v) is 22.5. The number of ketones is 3. The lowest BCUT2D eigenvalue weighted by Crippen LogP contribution is -2.50. The van der Waals surface area contributed by atoms with Crippen molar-refractivity contribution in [1.82, 2.24) is 21.3 Å². The summed E-state index contributed by atoms with van der Waals surface area (Å²) in [5, 5.41) is 49.5. The first-order chi connectivity index (χ1) is 31.4. The van der Waals surface area contributed by atoms with E-state index in [1.54, 1.807) is 0 Å². The van der Waals surface area contributed by atoms with E-state index in [0.717, 1.165) is 0 Å². The van der Waals surface area contributed by atoms with Gasteiger partial charge >= 0.3 is 5.97 Å². The highest BCUT2D eigenvalue weighted by Gasteiger charge is 2.36. The molecule has 0 aliphatic rings. The van der Waals surface area contributed by atoms with Gasteiger partial charge in [-0.1, -0.05) is 39.3 Å². The lowest BCUT2D eigenvalue weighted by Gasteiger charge is -2.26. The Morgan fingerprint density at radius 2 is 1.19 bits per heavy atom. The molecule has 0 fully saturated rings. The number of carbonyl (C=O) groups is 9. The Morgan fingerprint density at radius 1 is 0.657 bits per heavy atom. The predicted octanol–water partition coefficient (Wildman–Crippen LogP) is -1.18. The third-order valence-corrected chi connectivity index (χ3v) is 11.1. The molecule has 67 heavy (non-hydrogen) atoms. The SMILES string of the molecule is CC(C)C[C@H](NC(=O)[C@H](CCCN=C(N)N)CC(=O)[C@H](Cc1ccc(O)cc1)NC(=O)[C@H](CCCCN)CC(=O)[C@H](CC(=O)O)NC(=O)[C@@H](CC(=O)[C@H](C)NC(=O)[C@@H](C)CO)[C@@H](C)O)C(N)=O. The van der Waals surface area contributed by atoms with E-state index in [0.29, 0.717) is 18.4 Å². The summed E-state index contributed by atoms with van der Waals surface area (Å²) in [5.74, 6) is -12.4. The van der Waals surface area contributed by atoms with Crippen molar-refractivity contribution in [3.05, 3.63) is 29.8 Å². The molecular weight excluding hydrogens is 875 g/mol. The van der Waals surface area contributed by atoms with E-state index in [2.05, 4.69) is 26.3 Å². The second-order valence-electron chi connectivity index (χ2n) is 17.5. The molecule has 1 aromatic rings. The number of aliphatic carboxylic acids is 1. The van der Waals surface area contributed by atoms with Gasteiger partial charge in [-0.25, -0.2) is 0 Å². The summed E-state index contributed by atoms with van der Waals surface area (Å²) in [6.07, 6.45) is -2.89. The molecule has 0 spiro atoms. The molecule has 0 saturated heterocycles. The van der Waals surface area contributed by atoms with E-state index >= 15 is 0 Å². The fourth-order valence-electron chi connectivity index (χ4n) is 7.01. The van der Waals surface area contributed by atoms with Crippen LogP contribution >= 0.6 is 0 Å². The Hall–Kier alpha value is -6.00. The van der Waals surface area contributed by atoms with Crippen molar-refractivity contribution in [1.29, 1.82) is 0 Å². The molecule has 1 rings (SSSR count). The van der Waals surface area contributed by atoms with Crippen LogP contribution in [-0.4, -0.2) is 129 Å². The maximum atomic E-state index is 14.3. The highest BCUT2D eigenvalue weighted by atomic mass is 16.4. The number of hydrogen-bond donors (Lipinski definition) is 12. The smallest absolute Gasteiger partial charge is 0.305 e. The van der Waals surface area contributed by atoms with Crippen LogP contribution in [0.2, 0.25) is 0 Å². The van der Waals surface area contributed by atoms with Crippen LogP contribution in [-0.2, 0) is 49.6 Å². The summed E-state index contributed by atoms with van der Waals surface area (Å²) in [6.45, 7) is 7.51. The number of nitrogens with two attached hydrogens (primary N) is 4. The summed E-state index contributed by atoms with van der Waals surface area (Å²) in [5.41, 5.74) is 22.7. The van der Waals surface area contributed by atoms with Crippen LogP contribution < -0.4 is 44.2 Å². The summed E-state index contributed by atoms with van der Waals surface area (Å²) < 4.78 is 0. The van der Waals surface area contributed by atoms with Gasteiger partial charge in [0.25, 0.3) is 0 Å². The number of rotatable bonds is 34. The van der Waals surface area contributed by atoms with Crippen molar-refractivity contribution in [3.8, 4) is 5.75 Å². The standard InChI is InChI=1S/C45H73N9O13/c1-24(2)17-35(40(47)63)54-43(66)30(10-8-16-50-45(48)49)20-37(59)33(18-28-11-13-31(57)14-12-28)52-42(65)29(9-6-7-15-46)19-38(60)34(22-39(61)62)53-44(67)32(27(5)56)21-36(58)26(4)51-41(64)25(3)23-55/h11-14,24-27,29-30,32-35,55-57H,6-10,15-23,46H2,1-5H3,(H2,47,63)(H,51,64)(H,52,65)(H,53,67)(H,54,66)(H,61,62)(H4,48,49,50)/t25-,26-,27+,29+,30+,32-,33-,34-,35-/m0/s1. The Labute approximate surface area is 391 Å². The van der Waals surface area contributed by atoms with Crippen LogP contribution in [0.1, 0.15) is 104 Å². The third-order valence-electron chi connectivity index (χ3n) is 11.1. The molecule has 0 aliphatic heterocycles. The minimum absolute atomic E-state index is 0.0276. The van der Waals surface area contributed by atoms with Crippen molar-refractivity contribution in [3.63, 3.8) is 0 Å². The topological polar surface area (TPSA) is 399 Å². The Balaban J connectivity index is 3.55. The first kappa shape index (κ1) is 59.0. The molecule has 22 heteroatoms. The number of aliphatic hydroxyl groups is 2. The molecule has 9 atom stereocenters. The molecule has 0 bridgehead atoms. The summed E-state index contributed by atoms with van der Waals surface area (Å²) in [4.78, 5) is 123. The van der Waals surface area contributed by atoms with E-state index in [4.69, 9.17) is 22.9 Å². The number of carboxylic acid groups (broad SMARTS) is 1. The van der Waals surface area contributed by atoms with Crippen LogP contribution in [0.15, 0.2) is 29.3 Å². The molecule has 22 nitrogen and oxygen atoms in total. The van der Waals surface area contributed by atoms with Gasteiger partial charge in [-0.2, -0.15) is 0 Å². The molecule has 0 aliphatic carbocycles. The second-order valence-corrected chi connectivity index (χ2v) is 17.5. The Bertz CT molecular complexity index is 1850. The van der Waals surface area contributed by atoms with Crippen molar-refractivity contribution < 1.29 is 63.6 Å². The molecule has 0 radical (unpaired) electrons. The summed E-state index contributed by atoms with van der Waals surface area (Å²) in [6, 6.07) is 0.564. The molecule has 0 unspecified atom stereocenters. The third kappa shape index (κ3) is 22.8. The fourth-order valence-corrected chi connectivity index (χ4v) is 7.01. The van der Waals surface area contributed by atoms with Gasteiger partial charge in [0, 0.05) is 37.6 Å². The highest BCUT2D eigenvalue weighted by molar-refractivity contribution is 5.98. The normalized spacial score (nSPS) is 15.2. The highest BCUT2D eigenvalue weighted by Crippen LogP contribution is 2.22. The number of aliphatic hydroxyl groups excluding tert-OH is 2. The van der Waals surface area contributed by atoms with E-state index in [1.807, 2.05) is 13.8 Å². The number of unbranched alkanes of at least 4 members (excludes halogenated alkanes) is 1. The second kappa shape index (κ2) is 30.3. The maximum Gasteiger partial charge on any atom is 0.305 e. The first-order valence-electron chi connectivity index (χ1n) is 22.5. The zero-order chi connectivity index (χ0) is 51.0. The zero-order valence-corrected chi connectivity index (χ0v) is 39.2. The van der Waals surface area contributed by atoms with Crippen molar-refractivity contribution in [2.75, 3.05) is 19.7 Å². The molecule has 16 N–H and O–H groups in total. The lowest BCUT2D eigenvalue weighted by molar-refractivity contribution is -0.142. The van der Waals surface area contributed by atoms with E-state index in [-0.39, 0.29) is 62.8 Å². The molecule has 5 amide bonds. The molecular formula is C45H73N9O13. The van der Waals surface area contributed by atoms with E-state index in [1.165, 1.54) is 45.0 Å². The fraction of sp³-hybridized carbons (Fsp3) is 0.644. The van der Waals surface area contributed by atoms with Crippen LogP contribution in [0.3, 0.4) is 0 Å². The van der Waals surface area contributed by atoms with Crippen LogP contribution in [0.5, 0.6) is 5.75 Å². The van der Waals surface area contributed by atoms with E-state index < -0.39 is 139 Å². The molecule has 376 valence electrons. The predicted molar refractivity (Wildman–Crippen MR) is 246 cm³/mol. The maximum absolute atomic E-state index is 14.3. The number of hydrogen-bond acceptors (Lipinski definition) is 14. The van der Waals surface area contributed by atoms with Gasteiger partial charge in [-0.05, 0) is 82.5 Å². The quantitative estimate of drug-likeness (QED) is 0.0220. The average Bonchev–Trinajstić information content (AvgIpc) is 3.24. The van der Waals surface area contributed by atoms with Crippen LogP contribution in [0, 0.1) is 29.6 Å². The number of carbonyl (C=O) groups excluding carboxylic acids is 8. The minimum Gasteiger partial charge on any atom is -0.508 e. The van der Waals surface area contributed by atoms with Crippen molar-refractivity contribution in [2.45, 2.75) is 136 Å². The van der Waals surface area contributed by atoms with Gasteiger partial charge in [0.1, 0.15) is 11.8 Å². The van der Waals surface area contributed by atoms with E-state index in [9.17, 15) is 63.6 Å². The van der Waals surface area contributed by atoms with Crippen LogP contribution in [0.25, 0.3) is 0 Å². The molecule has 0 saturated carbocycles. The van der Waals surface area contributed by atoms with Gasteiger partial charge in [-0.3, -0.25) is 48.1 Å². The number of nitrogens with one attached hydrogen (secondary N) is 4. The number of guanidine groups is 1. The molecule has 1 aromatic carbocycles. The summed E-state index contributed by atoms with van der Waals surface area (Å²) in [7, 11) is 0. The van der Waals surface area contributed by atoms with Gasteiger partial charge in [-0.15, -0.1) is 0 Å². The number of nitrogens with zero attached hydrogens (tertiary/aromatic N) is 1. The zero-order valence-electron chi connectivity index (χ0n) is 39.2. The largest absolute Gasteiger partial charge is 0.508 e. The van der Waals surface area contributed by atoms with Crippen molar-refractivity contribution >= 4 is 58.8 Å². The number of phenols is 1. The van der Waals surface area contributed by atoms with Gasteiger partial charge in [0.2, 0.25) is 29.5 Å². The number of Topliss-reactive ketones (excluding diaryl/α,β-unsaturated/α-hetero) is 3. The number of benzene rings is 1. The van der Waals surface area contributed by atoms with Gasteiger partial charge in [0.05, 0.1) is 49.1 Å². The van der Waals surface area contributed by atoms with Crippen molar-refractivity contribution in [2.24, 2.45) is 57.5 Å². The number of primary amides is 1. The van der Waals surface area contributed by atoms with Gasteiger partial charge in [0.15, 0.2) is 23.3 Å². The number of aromatic hydroxyl groups is 1. The van der Waals surface area contributed by atoms with Gasteiger partial charge < -0.3 is 64.6 Å². The summed E-state index contributed by atoms with van der Waals surface area (Å²) >= 11 is 0. The average molecular weight is 948 g/mol. The molecule has 0 aromatic heterocycles. The Kier molecular flexibility index (Phi) is 26.7. The molecule has 0 heterocycles. The lowest BCUT2D eigenvalue weighted by atomic mass is 9.88. The van der Waals surface area contributed by atoms with Crippen LogP contribution in [0.4, 0.5) is 0 Å². The minimum atomic E-state index is -1.73. The number of phenolic OH excluding ortho intramolecular Hbond substituents is 1.